The van der Waals surface area contributed by atoms with Gasteiger partial charge in [-0.1, -0.05) is 0 Å². The average molecular weight is 530 g/mol. The van der Waals surface area contributed by atoms with Gasteiger partial charge in [0, 0.05) is 0 Å². The van der Waals surface area contributed by atoms with E-state index in [1.807, 2.05) is 0 Å². The minimum absolute atomic E-state index is 0. The van der Waals surface area contributed by atoms with Gasteiger partial charge in [0.1, 0.15) is 0 Å². The van der Waals surface area contributed by atoms with Crippen molar-refractivity contribution in [1.82, 2.24) is 4.57 Å². The Hall–Kier alpha value is -1.34. The fourth-order valence-corrected chi connectivity index (χ4v) is 10.0. The average Bonchev–Trinajstić information content (AvgIpc) is 3.36. The fraction of sp³-hybridized carbons (Fsp3) is 0.259. The van der Waals surface area contributed by atoms with Crippen molar-refractivity contribution in [2.24, 2.45) is 5.41 Å². The summed E-state index contributed by atoms with van der Waals surface area (Å²) in [5.74, 6) is 0. The second-order valence-electron chi connectivity index (χ2n) is 8.98. The third kappa shape index (κ3) is 3.56. The van der Waals surface area contributed by atoms with E-state index in [0.29, 0.717) is 0 Å². The van der Waals surface area contributed by atoms with E-state index in [1.54, 1.807) is 14.4 Å². The Balaban J connectivity index is 0.00000136. The largest absolute Gasteiger partial charge is 0.147 e. The van der Waals surface area contributed by atoms with E-state index in [9.17, 15) is 0 Å². The van der Waals surface area contributed by atoms with E-state index in [2.05, 4.69) is 112 Å². The number of halogens is 2. The van der Waals surface area contributed by atoms with E-state index >= 15 is 0 Å². The topological polar surface area (TPSA) is 4.93 Å². The maximum absolute atomic E-state index is 2.53. The van der Waals surface area contributed by atoms with Crippen LogP contribution in [0.2, 0.25) is 0 Å². The van der Waals surface area contributed by atoms with Crippen molar-refractivity contribution in [2.45, 2.75) is 37.9 Å². The van der Waals surface area contributed by atoms with Crippen LogP contribution in [0.1, 0.15) is 45.7 Å². The van der Waals surface area contributed by atoms with Gasteiger partial charge < -0.3 is 0 Å². The Morgan fingerprint density at radius 2 is 1.35 bits per heavy atom. The fourth-order valence-electron chi connectivity index (χ4n) is 5.01. The van der Waals surface area contributed by atoms with Crippen molar-refractivity contribution >= 4 is 41.7 Å². The Kier molecular flexibility index (Phi) is 6.70. The molecule has 0 saturated heterocycles. The number of benzene rings is 2. The molecule has 3 aromatic rings. The van der Waals surface area contributed by atoms with Gasteiger partial charge >= 0.3 is 186 Å². The maximum atomic E-state index is 2.53. The summed E-state index contributed by atoms with van der Waals surface area (Å²) in [5.41, 5.74) is 7.63. The summed E-state index contributed by atoms with van der Waals surface area (Å²) in [7, 11) is 0. The van der Waals surface area contributed by atoms with Crippen LogP contribution in [0.15, 0.2) is 87.0 Å². The van der Waals surface area contributed by atoms with Gasteiger partial charge in [-0.25, -0.2) is 0 Å². The van der Waals surface area contributed by atoms with Crippen molar-refractivity contribution in [2.75, 3.05) is 0 Å². The number of fused-ring (bicyclic) bond motifs is 2. The van der Waals surface area contributed by atoms with Crippen molar-refractivity contribution in [1.29, 1.82) is 0 Å². The number of allylic oxidation sites excluding steroid dienone is 5. The van der Waals surface area contributed by atoms with Gasteiger partial charge in [0.2, 0.25) is 0 Å². The summed E-state index contributed by atoms with van der Waals surface area (Å²) in [6.45, 7) is 11.9. The van der Waals surface area contributed by atoms with E-state index in [4.69, 9.17) is 0 Å². The molecule has 2 aliphatic carbocycles. The molecule has 0 spiro atoms. The van der Waals surface area contributed by atoms with Gasteiger partial charge in [0.05, 0.1) is 0 Å². The Bertz CT molecular complexity index is 1210. The van der Waals surface area contributed by atoms with Crippen molar-refractivity contribution in [3.63, 3.8) is 0 Å². The monoisotopic (exact) mass is 527 g/mol. The molecular weight excluding hydrogens is 500 g/mol. The first kappa shape index (κ1) is 24.3. The SMILES string of the molecule is CC1=C(C)C(C)(C)[C]([Zr][C]2(n3cc4ccccc4c3)C=Cc3ccccc32)=C1C.Cl.Cl. The van der Waals surface area contributed by atoms with Gasteiger partial charge in [0.15, 0.2) is 0 Å². The van der Waals surface area contributed by atoms with Gasteiger partial charge in [-0.15, -0.1) is 24.8 Å². The van der Waals surface area contributed by atoms with Crippen LogP contribution in [0, 0.1) is 5.41 Å². The van der Waals surface area contributed by atoms with Crippen molar-refractivity contribution in [3.05, 3.63) is 98.1 Å². The molecule has 0 amide bonds. The van der Waals surface area contributed by atoms with Crippen LogP contribution in [0.25, 0.3) is 16.8 Å². The Morgan fingerprint density at radius 1 is 0.774 bits per heavy atom. The van der Waals surface area contributed by atoms with Crippen LogP contribution < -0.4 is 0 Å². The van der Waals surface area contributed by atoms with Crippen LogP contribution in [0.3, 0.4) is 0 Å². The molecule has 1 heterocycles. The summed E-state index contributed by atoms with van der Waals surface area (Å²) < 4.78 is 4.25. The number of nitrogens with zero attached hydrogens (tertiary/aromatic N) is 1. The smallest absolute Gasteiger partial charge is 0.147 e. The molecule has 0 bridgehead atoms. The zero-order valence-corrected chi connectivity index (χ0v) is 22.8. The Morgan fingerprint density at radius 3 is 1.94 bits per heavy atom. The van der Waals surface area contributed by atoms with Crippen LogP contribution in [0.4, 0.5) is 0 Å². The molecule has 2 aromatic carbocycles. The molecule has 160 valence electrons. The van der Waals surface area contributed by atoms with Crippen LogP contribution in [-0.2, 0) is 26.5 Å². The maximum Gasteiger partial charge on any atom is -0.147 e. The van der Waals surface area contributed by atoms with Gasteiger partial charge in [-0.3, -0.25) is 0 Å². The molecule has 1 unspecified atom stereocenters. The van der Waals surface area contributed by atoms with Gasteiger partial charge in [-0.2, -0.15) is 0 Å². The van der Waals surface area contributed by atoms with Gasteiger partial charge in [0.25, 0.3) is 0 Å². The van der Waals surface area contributed by atoms with Crippen LogP contribution in [-0.4, -0.2) is 4.57 Å². The molecule has 31 heavy (non-hydrogen) atoms. The second kappa shape index (κ2) is 8.55. The molecule has 4 heteroatoms. The molecule has 0 fully saturated rings. The number of aromatic nitrogens is 1. The molecular formula is C27H29Cl2NZr. The molecule has 1 nitrogen and oxygen atoms in total. The molecule has 1 atom stereocenters. The van der Waals surface area contributed by atoms with Crippen LogP contribution in [0.5, 0.6) is 0 Å². The predicted octanol–water partition coefficient (Wildman–Crippen LogP) is 7.95. The van der Waals surface area contributed by atoms with E-state index in [1.165, 1.54) is 27.5 Å². The third-order valence-electron chi connectivity index (χ3n) is 7.21. The van der Waals surface area contributed by atoms with Crippen molar-refractivity contribution in [3.8, 4) is 0 Å². The van der Waals surface area contributed by atoms with E-state index in [0.717, 1.165) is 0 Å². The van der Waals surface area contributed by atoms with Gasteiger partial charge in [-0.05, 0) is 0 Å². The summed E-state index contributed by atoms with van der Waals surface area (Å²) >= 11 is -1.08. The molecule has 5 rings (SSSR count). The first-order chi connectivity index (χ1) is 13.8. The first-order valence-electron chi connectivity index (χ1n) is 10.4. The third-order valence-corrected chi connectivity index (χ3v) is 12.9. The molecule has 1 aromatic heterocycles. The molecule has 0 aliphatic heterocycles. The standard InChI is InChI=1S/C17H12N.C10H15.2ClH.Zr/c1-2-7-15-12-18(11-14(15)6-1)17-10-9-13-5-3-4-8-16(13)17;1-7-6-10(4,5)9(3)8(7)2;;;/h1-12H;1-5H3;2*1H;. The molecule has 0 radical (unpaired) electrons. The van der Waals surface area contributed by atoms with Crippen LogP contribution >= 0.6 is 24.8 Å². The van der Waals surface area contributed by atoms with E-state index in [-0.39, 0.29) is 33.5 Å². The molecule has 0 saturated carbocycles. The van der Waals surface area contributed by atoms with Crippen molar-refractivity contribution < 1.29 is 23.2 Å². The Labute approximate surface area is 209 Å². The van der Waals surface area contributed by atoms with E-state index < -0.39 is 23.2 Å². The number of rotatable bonds is 3. The summed E-state index contributed by atoms with van der Waals surface area (Å²) in [6.07, 6.45) is 9.59. The minimum Gasteiger partial charge on any atom is -0.147 e. The normalized spacial score (nSPS) is 21.2. The first-order valence-corrected chi connectivity index (χ1v) is 12.8. The quantitative estimate of drug-likeness (QED) is 0.325. The number of hydrogen-bond acceptors (Lipinski definition) is 0. The zero-order chi connectivity index (χ0) is 20.4. The summed E-state index contributed by atoms with van der Waals surface area (Å²) in [5, 5.41) is 2.65. The number of hydrogen-bond donors (Lipinski definition) is 0. The molecule has 0 N–H and O–H groups in total. The minimum atomic E-state index is -1.08. The second-order valence-corrected chi connectivity index (χ2v) is 12.7. The molecule has 2 aliphatic rings. The predicted molar refractivity (Wildman–Crippen MR) is 134 cm³/mol. The summed E-state index contributed by atoms with van der Waals surface area (Å²) in [6, 6.07) is 17.7. The zero-order valence-electron chi connectivity index (χ0n) is 18.7. The summed E-state index contributed by atoms with van der Waals surface area (Å²) in [4.78, 5) is 0.